The summed E-state index contributed by atoms with van der Waals surface area (Å²) in [5.74, 6) is -0.886. The SMILES string of the molecule is Cc1ccc(-c2[nH]nc3c2[C@H](c2cn(CC(N)=O)nc2-c2ccccc2)C(C#N)=C(N)O3)cc1. The molecule has 3 heterocycles. The molecule has 0 fully saturated rings. The summed E-state index contributed by atoms with van der Waals surface area (Å²) in [6.45, 7) is 1.90. The maximum Gasteiger partial charge on any atom is 0.244 e. The first-order chi connectivity index (χ1) is 16.5. The van der Waals surface area contributed by atoms with Crippen LogP contribution in [0, 0.1) is 18.3 Å². The minimum absolute atomic E-state index is 0.0244. The van der Waals surface area contributed by atoms with Crippen LogP contribution in [-0.2, 0) is 11.3 Å². The lowest BCUT2D eigenvalue weighted by Crippen LogP contribution is -2.21. The predicted molar refractivity (Wildman–Crippen MR) is 125 cm³/mol. The van der Waals surface area contributed by atoms with Crippen LogP contribution < -0.4 is 16.2 Å². The van der Waals surface area contributed by atoms with Crippen LogP contribution in [0.15, 0.2) is 72.3 Å². The van der Waals surface area contributed by atoms with E-state index in [1.807, 2.05) is 61.5 Å². The van der Waals surface area contributed by atoms with Gasteiger partial charge in [-0.1, -0.05) is 60.2 Å². The lowest BCUT2D eigenvalue weighted by atomic mass is 9.82. The average Bonchev–Trinajstić information content (AvgIpc) is 3.43. The molecule has 0 saturated heterocycles. The predicted octanol–water partition coefficient (Wildman–Crippen LogP) is 2.95. The zero-order valence-corrected chi connectivity index (χ0v) is 18.3. The number of aromatic nitrogens is 4. The van der Waals surface area contributed by atoms with Crippen molar-refractivity contribution >= 4 is 5.91 Å². The molecule has 0 spiro atoms. The number of fused-ring (bicyclic) bond motifs is 1. The van der Waals surface area contributed by atoms with Crippen LogP contribution in [0.25, 0.3) is 22.5 Å². The Kier molecular flexibility index (Phi) is 5.11. The zero-order chi connectivity index (χ0) is 23.8. The number of nitrogens with one attached hydrogen (secondary N) is 1. The molecule has 9 heteroatoms. The molecule has 5 rings (SSSR count). The molecule has 0 saturated carbocycles. The number of rotatable bonds is 5. The lowest BCUT2D eigenvalue weighted by Gasteiger charge is -2.24. The number of carbonyl (C=O) groups is 1. The maximum absolute atomic E-state index is 11.6. The Hall–Kier alpha value is -4.84. The summed E-state index contributed by atoms with van der Waals surface area (Å²) >= 11 is 0. The molecule has 1 aliphatic heterocycles. The van der Waals surface area contributed by atoms with Gasteiger partial charge >= 0.3 is 0 Å². The third-order valence-corrected chi connectivity index (χ3v) is 5.75. The number of hydrogen-bond donors (Lipinski definition) is 3. The van der Waals surface area contributed by atoms with Crippen molar-refractivity contribution in [1.29, 1.82) is 5.26 Å². The van der Waals surface area contributed by atoms with Crippen LogP contribution in [0.1, 0.15) is 22.6 Å². The van der Waals surface area contributed by atoms with Gasteiger partial charge in [0, 0.05) is 22.9 Å². The number of aryl methyl sites for hydroxylation is 1. The quantitative estimate of drug-likeness (QED) is 0.425. The van der Waals surface area contributed by atoms with E-state index >= 15 is 0 Å². The molecule has 0 unspecified atom stereocenters. The second-order valence-corrected chi connectivity index (χ2v) is 8.07. The van der Waals surface area contributed by atoms with Crippen LogP contribution in [0.5, 0.6) is 5.88 Å². The molecule has 1 aliphatic rings. The van der Waals surface area contributed by atoms with E-state index < -0.39 is 11.8 Å². The van der Waals surface area contributed by atoms with Gasteiger partial charge in [0.05, 0.1) is 22.9 Å². The van der Waals surface area contributed by atoms with Gasteiger partial charge < -0.3 is 16.2 Å². The minimum Gasteiger partial charge on any atom is -0.420 e. The molecule has 0 radical (unpaired) electrons. The number of H-pyrrole nitrogens is 1. The normalized spacial score (nSPS) is 14.9. The van der Waals surface area contributed by atoms with Crippen molar-refractivity contribution in [3.8, 4) is 34.5 Å². The van der Waals surface area contributed by atoms with Crippen LogP contribution in [0.4, 0.5) is 0 Å². The first kappa shape index (κ1) is 21.0. The van der Waals surface area contributed by atoms with Gasteiger partial charge in [0.1, 0.15) is 18.2 Å². The monoisotopic (exact) mass is 451 g/mol. The van der Waals surface area contributed by atoms with E-state index in [0.717, 1.165) is 16.7 Å². The Morgan fingerprint density at radius 2 is 1.91 bits per heavy atom. The lowest BCUT2D eigenvalue weighted by molar-refractivity contribution is -0.118. The topological polar surface area (TPSA) is 149 Å². The summed E-state index contributed by atoms with van der Waals surface area (Å²) in [5, 5.41) is 22.1. The fraction of sp³-hybridized carbons (Fsp3) is 0.120. The van der Waals surface area contributed by atoms with Gasteiger partial charge in [0.2, 0.25) is 17.7 Å². The van der Waals surface area contributed by atoms with Crippen molar-refractivity contribution in [2.45, 2.75) is 19.4 Å². The standard InChI is InChI=1S/C25H21N7O2/c1-14-7-9-16(10-8-14)23-21-20(17(11-26)24(28)34-25(21)30-29-23)18-12-32(13-19(27)33)31-22(18)15-5-3-2-4-6-15/h2-10,12,20H,13,28H2,1H3,(H2,27,33)(H,29,30)/t20-/m0/s1. The highest BCUT2D eigenvalue weighted by molar-refractivity contribution is 5.76. The van der Waals surface area contributed by atoms with Gasteiger partial charge in [-0.2, -0.15) is 10.4 Å². The molecule has 0 aliphatic carbocycles. The number of primary amides is 1. The van der Waals surface area contributed by atoms with Gasteiger partial charge in [0.15, 0.2) is 0 Å². The van der Waals surface area contributed by atoms with Crippen molar-refractivity contribution in [2.24, 2.45) is 11.5 Å². The molecule has 0 bridgehead atoms. The highest BCUT2D eigenvalue weighted by Crippen LogP contribution is 2.47. The van der Waals surface area contributed by atoms with E-state index in [9.17, 15) is 10.1 Å². The molecule has 1 atom stereocenters. The first-order valence-electron chi connectivity index (χ1n) is 10.6. The van der Waals surface area contributed by atoms with Crippen LogP contribution in [0.2, 0.25) is 0 Å². The molecule has 5 N–H and O–H groups in total. The summed E-state index contributed by atoms with van der Waals surface area (Å²) in [5.41, 5.74) is 17.3. The molecule has 2 aromatic heterocycles. The van der Waals surface area contributed by atoms with Gasteiger partial charge in [-0.3, -0.25) is 14.6 Å². The molecular formula is C25H21N7O2. The number of hydrogen-bond acceptors (Lipinski definition) is 6. The smallest absolute Gasteiger partial charge is 0.244 e. The van der Waals surface area contributed by atoms with Gasteiger partial charge in [-0.05, 0) is 6.92 Å². The summed E-state index contributed by atoms with van der Waals surface area (Å²) < 4.78 is 7.20. The molecular weight excluding hydrogens is 430 g/mol. The fourth-order valence-corrected chi connectivity index (χ4v) is 4.21. The Balaban J connectivity index is 1.76. The molecule has 168 valence electrons. The number of nitrogens with zero attached hydrogens (tertiary/aromatic N) is 4. The number of ether oxygens (including phenoxy) is 1. The van der Waals surface area contributed by atoms with Crippen LogP contribution >= 0.6 is 0 Å². The Labute approximate surface area is 195 Å². The number of nitrogens with two attached hydrogens (primary N) is 2. The van der Waals surface area contributed by atoms with E-state index in [4.69, 9.17) is 16.2 Å². The first-order valence-corrected chi connectivity index (χ1v) is 10.6. The molecule has 34 heavy (non-hydrogen) atoms. The molecule has 1 amide bonds. The van der Waals surface area contributed by atoms with E-state index in [1.54, 1.807) is 6.20 Å². The maximum atomic E-state index is 11.6. The van der Waals surface area contributed by atoms with Crippen LogP contribution in [0.3, 0.4) is 0 Å². The number of allylic oxidation sites excluding steroid dienone is 1. The third-order valence-electron chi connectivity index (χ3n) is 5.75. The molecule has 4 aromatic rings. The Morgan fingerprint density at radius 3 is 2.59 bits per heavy atom. The summed E-state index contributed by atoms with van der Waals surface area (Å²) in [4.78, 5) is 11.6. The number of carbonyl (C=O) groups excluding carboxylic acids is 1. The summed E-state index contributed by atoms with van der Waals surface area (Å²) in [7, 11) is 0. The van der Waals surface area contributed by atoms with Crippen molar-refractivity contribution < 1.29 is 9.53 Å². The fourth-order valence-electron chi connectivity index (χ4n) is 4.21. The highest BCUT2D eigenvalue weighted by atomic mass is 16.5. The van der Waals surface area contributed by atoms with Gasteiger partial charge in [0.25, 0.3) is 0 Å². The molecule has 2 aromatic carbocycles. The largest absolute Gasteiger partial charge is 0.420 e. The minimum atomic E-state index is -0.624. The van der Waals surface area contributed by atoms with Gasteiger partial charge in [-0.15, -0.1) is 5.10 Å². The van der Waals surface area contributed by atoms with E-state index in [2.05, 4.69) is 21.4 Å². The summed E-state index contributed by atoms with van der Waals surface area (Å²) in [6, 6.07) is 19.7. The third kappa shape index (κ3) is 3.57. The van der Waals surface area contributed by atoms with E-state index in [1.165, 1.54) is 4.68 Å². The second kappa shape index (κ2) is 8.26. The number of amides is 1. The second-order valence-electron chi connectivity index (χ2n) is 8.07. The summed E-state index contributed by atoms with van der Waals surface area (Å²) in [6.07, 6.45) is 1.73. The number of nitriles is 1. The van der Waals surface area contributed by atoms with Gasteiger partial charge in [-0.25, -0.2) is 0 Å². The van der Waals surface area contributed by atoms with Crippen molar-refractivity contribution in [2.75, 3.05) is 0 Å². The van der Waals surface area contributed by atoms with Crippen molar-refractivity contribution in [3.63, 3.8) is 0 Å². The average molecular weight is 451 g/mol. The van der Waals surface area contributed by atoms with E-state index in [-0.39, 0.29) is 18.0 Å². The Morgan fingerprint density at radius 1 is 1.18 bits per heavy atom. The number of benzene rings is 2. The number of aromatic amines is 1. The Bertz CT molecular complexity index is 1460. The molecule has 9 nitrogen and oxygen atoms in total. The van der Waals surface area contributed by atoms with Crippen molar-refractivity contribution in [3.05, 3.63) is 88.9 Å². The van der Waals surface area contributed by atoms with Crippen molar-refractivity contribution in [1.82, 2.24) is 20.0 Å². The zero-order valence-electron chi connectivity index (χ0n) is 18.3. The van der Waals surface area contributed by atoms with Crippen LogP contribution in [-0.4, -0.2) is 25.9 Å². The highest BCUT2D eigenvalue weighted by Gasteiger charge is 2.38. The van der Waals surface area contributed by atoms with E-state index in [0.29, 0.717) is 28.4 Å².